The number of para-hydroxylation sites is 1. The number of ether oxygens (including phenoxy) is 2. The van der Waals surface area contributed by atoms with Crippen molar-refractivity contribution in [3.63, 3.8) is 0 Å². The van der Waals surface area contributed by atoms with Gasteiger partial charge in [-0.2, -0.15) is 0 Å². The lowest BCUT2D eigenvalue weighted by molar-refractivity contribution is -0.150. The number of methoxy groups -OCH3 is 1. The van der Waals surface area contributed by atoms with Gasteiger partial charge in [0.15, 0.2) is 0 Å². The summed E-state index contributed by atoms with van der Waals surface area (Å²) < 4.78 is 16.6. The summed E-state index contributed by atoms with van der Waals surface area (Å²) in [6.07, 6.45) is 1.67. The minimum atomic E-state index is -0.181. The van der Waals surface area contributed by atoms with E-state index in [0.717, 1.165) is 35.7 Å². The smallest absolute Gasteiger partial charge is 0.310 e. The first-order valence-corrected chi connectivity index (χ1v) is 10.3. The molecule has 1 aromatic heterocycles. The molecule has 3 aromatic rings. The van der Waals surface area contributed by atoms with E-state index < -0.39 is 0 Å². The molecular formula is C23H26N2O5. The first kappa shape index (κ1) is 20.2. The van der Waals surface area contributed by atoms with Gasteiger partial charge in [-0.15, -0.1) is 0 Å². The quantitative estimate of drug-likeness (QED) is 0.623. The van der Waals surface area contributed by atoms with E-state index in [1.165, 1.54) is 0 Å². The van der Waals surface area contributed by atoms with E-state index in [4.69, 9.17) is 13.9 Å². The molecule has 1 N–H and O–H groups in total. The van der Waals surface area contributed by atoms with Crippen LogP contribution in [0.1, 0.15) is 19.8 Å². The summed E-state index contributed by atoms with van der Waals surface area (Å²) in [5, 5.41) is 4.87. The summed E-state index contributed by atoms with van der Waals surface area (Å²) in [5.74, 6) is 0.0614. The van der Waals surface area contributed by atoms with Crippen LogP contribution >= 0.6 is 0 Å². The maximum Gasteiger partial charge on any atom is 0.310 e. The zero-order valence-corrected chi connectivity index (χ0v) is 17.3. The zero-order valence-electron chi connectivity index (χ0n) is 17.3. The molecule has 4 rings (SSSR count). The Labute approximate surface area is 174 Å². The summed E-state index contributed by atoms with van der Waals surface area (Å²) in [4.78, 5) is 26.7. The van der Waals surface area contributed by atoms with Gasteiger partial charge in [0.1, 0.15) is 16.9 Å². The van der Waals surface area contributed by atoms with Gasteiger partial charge in [-0.25, -0.2) is 0 Å². The second-order valence-electron chi connectivity index (χ2n) is 7.52. The molecule has 0 radical (unpaired) electrons. The molecule has 1 amide bonds. The predicted octanol–water partition coefficient (Wildman–Crippen LogP) is 3.81. The molecular weight excluding hydrogens is 384 g/mol. The van der Waals surface area contributed by atoms with Crippen molar-refractivity contribution in [3.05, 3.63) is 36.4 Å². The number of carbonyl (C=O) groups excluding carboxylic acids is 2. The van der Waals surface area contributed by atoms with Gasteiger partial charge in [-0.05, 0) is 38.4 Å². The SMILES string of the molecule is CCOC(=O)[C@@H]1CCCN(CC(=O)Nc2cc3oc4ccccc4c3cc2OC)C1. The molecule has 2 aromatic carbocycles. The lowest BCUT2D eigenvalue weighted by Crippen LogP contribution is -2.43. The average molecular weight is 410 g/mol. The second kappa shape index (κ2) is 8.75. The third kappa shape index (κ3) is 4.11. The fraction of sp³-hybridized carbons (Fsp3) is 0.391. The molecule has 0 aliphatic carbocycles. The van der Waals surface area contributed by atoms with Crippen LogP contribution < -0.4 is 10.1 Å². The molecule has 1 saturated heterocycles. The number of furan rings is 1. The number of rotatable bonds is 6. The molecule has 7 heteroatoms. The summed E-state index contributed by atoms with van der Waals surface area (Å²) in [6.45, 7) is 3.70. The van der Waals surface area contributed by atoms with Crippen molar-refractivity contribution in [1.29, 1.82) is 0 Å². The number of benzene rings is 2. The van der Waals surface area contributed by atoms with Crippen molar-refractivity contribution in [2.75, 3.05) is 38.7 Å². The zero-order chi connectivity index (χ0) is 21.1. The van der Waals surface area contributed by atoms with Crippen molar-refractivity contribution < 1.29 is 23.5 Å². The third-order valence-corrected chi connectivity index (χ3v) is 5.47. The van der Waals surface area contributed by atoms with Crippen molar-refractivity contribution in [1.82, 2.24) is 4.90 Å². The topological polar surface area (TPSA) is 81.0 Å². The van der Waals surface area contributed by atoms with Crippen LogP contribution in [0.3, 0.4) is 0 Å². The Kier molecular flexibility index (Phi) is 5.90. The normalized spacial score (nSPS) is 17.2. The number of likely N-dealkylation sites (tertiary alicyclic amines) is 1. The van der Waals surface area contributed by atoms with E-state index in [2.05, 4.69) is 5.32 Å². The monoisotopic (exact) mass is 410 g/mol. The Hall–Kier alpha value is -3.06. The van der Waals surface area contributed by atoms with Crippen molar-refractivity contribution >= 4 is 39.5 Å². The van der Waals surface area contributed by atoms with E-state index in [-0.39, 0.29) is 24.3 Å². The molecule has 158 valence electrons. The molecule has 0 spiro atoms. The number of hydrogen-bond donors (Lipinski definition) is 1. The van der Waals surface area contributed by atoms with Crippen LogP contribution in [0.25, 0.3) is 21.9 Å². The molecule has 7 nitrogen and oxygen atoms in total. The summed E-state index contributed by atoms with van der Waals surface area (Å²) in [6, 6.07) is 11.5. The Balaban J connectivity index is 1.48. The van der Waals surface area contributed by atoms with Crippen LogP contribution in [-0.4, -0.2) is 50.1 Å². The number of piperidine rings is 1. The number of esters is 1. The molecule has 30 heavy (non-hydrogen) atoms. The van der Waals surface area contributed by atoms with Gasteiger partial charge in [-0.1, -0.05) is 18.2 Å². The molecule has 1 aliphatic heterocycles. The lowest BCUT2D eigenvalue weighted by Gasteiger charge is -2.30. The predicted molar refractivity (Wildman–Crippen MR) is 115 cm³/mol. The largest absolute Gasteiger partial charge is 0.495 e. The number of fused-ring (bicyclic) bond motifs is 3. The van der Waals surface area contributed by atoms with E-state index in [1.54, 1.807) is 20.1 Å². The van der Waals surface area contributed by atoms with E-state index in [1.807, 2.05) is 35.2 Å². The highest BCUT2D eigenvalue weighted by Gasteiger charge is 2.28. The molecule has 1 fully saturated rings. The van der Waals surface area contributed by atoms with Crippen LogP contribution in [-0.2, 0) is 14.3 Å². The number of carbonyl (C=O) groups is 2. The molecule has 1 aliphatic rings. The third-order valence-electron chi connectivity index (χ3n) is 5.47. The highest BCUT2D eigenvalue weighted by molar-refractivity contribution is 6.07. The van der Waals surface area contributed by atoms with Crippen molar-refractivity contribution in [3.8, 4) is 5.75 Å². The van der Waals surface area contributed by atoms with Crippen LogP contribution in [0.15, 0.2) is 40.8 Å². The van der Waals surface area contributed by atoms with Crippen molar-refractivity contribution in [2.45, 2.75) is 19.8 Å². The Morgan fingerprint density at radius 1 is 1.20 bits per heavy atom. The summed E-state index contributed by atoms with van der Waals surface area (Å²) >= 11 is 0. The van der Waals surface area contributed by atoms with Gasteiger partial charge in [0.2, 0.25) is 5.91 Å². The van der Waals surface area contributed by atoms with Gasteiger partial charge in [0.05, 0.1) is 31.9 Å². The first-order chi connectivity index (χ1) is 14.6. The van der Waals surface area contributed by atoms with Crippen molar-refractivity contribution in [2.24, 2.45) is 5.92 Å². The lowest BCUT2D eigenvalue weighted by atomic mass is 9.98. The van der Waals surface area contributed by atoms with Gasteiger partial charge < -0.3 is 19.2 Å². The van der Waals surface area contributed by atoms with E-state index in [9.17, 15) is 9.59 Å². The highest BCUT2D eigenvalue weighted by atomic mass is 16.5. The van der Waals surface area contributed by atoms with E-state index >= 15 is 0 Å². The van der Waals surface area contributed by atoms with E-state index in [0.29, 0.717) is 30.2 Å². The van der Waals surface area contributed by atoms with Crippen LogP contribution in [0.5, 0.6) is 5.75 Å². The standard InChI is InChI=1S/C23H26N2O5/c1-3-29-23(27)15-7-6-10-25(13-15)14-22(26)24-18-12-20-17(11-21(18)28-2)16-8-4-5-9-19(16)30-20/h4-5,8-9,11-12,15H,3,6-7,10,13-14H2,1-2H3,(H,24,26)/t15-/m1/s1. The fourth-order valence-corrected chi connectivity index (χ4v) is 4.06. The first-order valence-electron chi connectivity index (χ1n) is 10.3. The van der Waals surface area contributed by atoms with Crippen LogP contribution in [0.2, 0.25) is 0 Å². The average Bonchev–Trinajstić information content (AvgIpc) is 3.10. The molecule has 1 atom stereocenters. The number of hydrogen-bond acceptors (Lipinski definition) is 6. The van der Waals surface area contributed by atoms with Crippen LogP contribution in [0, 0.1) is 5.92 Å². The minimum absolute atomic E-state index is 0.159. The Morgan fingerprint density at radius 3 is 2.83 bits per heavy atom. The fourth-order valence-electron chi connectivity index (χ4n) is 4.06. The molecule has 0 saturated carbocycles. The summed E-state index contributed by atoms with van der Waals surface area (Å²) in [7, 11) is 1.58. The van der Waals surface area contributed by atoms with Gasteiger partial charge >= 0.3 is 5.97 Å². The molecule has 2 heterocycles. The van der Waals surface area contributed by atoms with Gasteiger partial charge in [0, 0.05) is 23.4 Å². The number of amides is 1. The number of nitrogens with one attached hydrogen (secondary N) is 1. The Bertz CT molecular complexity index is 1070. The minimum Gasteiger partial charge on any atom is -0.495 e. The maximum atomic E-state index is 12.7. The highest BCUT2D eigenvalue weighted by Crippen LogP contribution is 2.36. The Morgan fingerprint density at radius 2 is 2.03 bits per heavy atom. The summed E-state index contributed by atoms with van der Waals surface area (Å²) in [5.41, 5.74) is 2.04. The second-order valence-corrected chi connectivity index (χ2v) is 7.52. The molecule has 0 unspecified atom stereocenters. The van der Waals surface area contributed by atoms with Crippen LogP contribution in [0.4, 0.5) is 5.69 Å². The number of anilines is 1. The van der Waals surface area contributed by atoms with Gasteiger partial charge in [-0.3, -0.25) is 14.5 Å². The molecule has 0 bridgehead atoms. The van der Waals surface area contributed by atoms with Gasteiger partial charge in [0.25, 0.3) is 0 Å². The number of nitrogens with zero attached hydrogens (tertiary/aromatic N) is 1. The maximum absolute atomic E-state index is 12.7.